The lowest BCUT2D eigenvalue weighted by Crippen LogP contribution is -2.49. The molecular weight excluding hydrogens is 438 g/mol. The second-order valence-corrected chi connectivity index (χ2v) is 10.3. The summed E-state index contributed by atoms with van der Waals surface area (Å²) in [6.07, 6.45) is 4.13. The van der Waals surface area contributed by atoms with Crippen LogP contribution in [0, 0.1) is 16.7 Å². The van der Waals surface area contributed by atoms with Gasteiger partial charge in [0.2, 0.25) is 0 Å². The summed E-state index contributed by atoms with van der Waals surface area (Å²) in [5.74, 6) is 0.480. The predicted molar refractivity (Wildman–Crippen MR) is 137 cm³/mol. The first-order valence-electron chi connectivity index (χ1n) is 12.0. The average Bonchev–Trinajstić information content (AvgIpc) is 3.79. The van der Waals surface area contributed by atoms with Crippen molar-refractivity contribution in [1.29, 1.82) is 5.26 Å². The van der Waals surface area contributed by atoms with Crippen LogP contribution in [0.3, 0.4) is 0 Å². The molecule has 5 rings (SSSR count). The second-order valence-electron chi connectivity index (χ2n) is 10.3. The zero-order chi connectivity index (χ0) is 24.8. The minimum atomic E-state index is -0.319. The summed E-state index contributed by atoms with van der Waals surface area (Å²) in [5.41, 5.74) is 9.78. The van der Waals surface area contributed by atoms with Crippen molar-refractivity contribution in [1.82, 2.24) is 4.90 Å². The van der Waals surface area contributed by atoms with Crippen molar-refractivity contribution >= 4 is 23.0 Å². The van der Waals surface area contributed by atoms with Crippen LogP contribution in [0.25, 0.3) is 0 Å². The number of hydrogen-bond acceptors (Lipinski definition) is 6. The third kappa shape index (κ3) is 4.19. The van der Waals surface area contributed by atoms with Crippen LogP contribution in [0.1, 0.15) is 31.2 Å². The standard InChI is InChI=1S/C28H31N5O2/c1-32(2)17-27(12-13-27)19-4-8-21(9-5-19)33-18-28(14-15-28)24(23(30)16-29)25(26(33)34)31-20-6-10-22(35-3)11-7-20/h4-11H,12-15,17-18,30H2,1-3H3. The van der Waals surface area contributed by atoms with Gasteiger partial charge in [-0.3, -0.25) is 4.79 Å². The Bertz CT molecular complexity index is 1240. The molecule has 2 aromatic rings. The van der Waals surface area contributed by atoms with Crippen LogP contribution >= 0.6 is 0 Å². The van der Waals surface area contributed by atoms with Gasteiger partial charge in [0.25, 0.3) is 5.91 Å². The Morgan fingerprint density at radius 1 is 1.11 bits per heavy atom. The topological polar surface area (TPSA) is 94.9 Å². The number of amides is 1. The number of hydrogen-bond donors (Lipinski definition) is 1. The van der Waals surface area contributed by atoms with Crippen molar-refractivity contribution < 1.29 is 9.53 Å². The van der Waals surface area contributed by atoms with E-state index in [9.17, 15) is 10.1 Å². The Hall–Kier alpha value is -3.63. The fourth-order valence-electron chi connectivity index (χ4n) is 5.35. The van der Waals surface area contributed by atoms with E-state index in [1.807, 2.05) is 12.1 Å². The van der Waals surface area contributed by atoms with Gasteiger partial charge in [0, 0.05) is 35.2 Å². The number of aliphatic imine (C=N–C) groups is 1. The maximum Gasteiger partial charge on any atom is 0.277 e. The Balaban J connectivity index is 1.51. The highest BCUT2D eigenvalue weighted by molar-refractivity contribution is 6.51. The van der Waals surface area contributed by atoms with Gasteiger partial charge >= 0.3 is 0 Å². The van der Waals surface area contributed by atoms with Gasteiger partial charge in [0.05, 0.1) is 12.8 Å². The smallest absolute Gasteiger partial charge is 0.277 e. The number of allylic oxidation sites excluding steroid dienone is 1. The molecular formula is C28H31N5O2. The van der Waals surface area contributed by atoms with Gasteiger partial charge in [-0.15, -0.1) is 0 Å². The molecule has 2 N–H and O–H groups in total. The molecule has 35 heavy (non-hydrogen) atoms. The maximum absolute atomic E-state index is 13.8. The van der Waals surface area contributed by atoms with E-state index in [0.717, 1.165) is 25.1 Å². The second kappa shape index (κ2) is 8.54. The molecule has 180 valence electrons. The number of rotatable bonds is 6. The molecule has 0 radical (unpaired) electrons. The molecule has 2 saturated carbocycles. The van der Waals surface area contributed by atoms with E-state index in [2.05, 4.69) is 37.2 Å². The first kappa shape index (κ1) is 23.1. The van der Waals surface area contributed by atoms with Crippen molar-refractivity contribution in [2.75, 3.05) is 39.2 Å². The number of anilines is 1. The third-order valence-corrected chi connectivity index (χ3v) is 7.50. The molecule has 2 aliphatic carbocycles. The number of piperidine rings is 1. The Kier molecular flexibility index (Phi) is 5.65. The molecule has 2 aromatic carbocycles. The molecule has 7 heteroatoms. The largest absolute Gasteiger partial charge is 0.497 e. The lowest BCUT2D eigenvalue weighted by molar-refractivity contribution is -0.113. The van der Waals surface area contributed by atoms with Crippen LogP contribution in [0.4, 0.5) is 11.4 Å². The van der Waals surface area contributed by atoms with Crippen molar-refractivity contribution in [3.8, 4) is 11.8 Å². The summed E-state index contributed by atoms with van der Waals surface area (Å²) >= 11 is 0. The van der Waals surface area contributed by atoms with Gasteiger partial charge < -0.3 is 20.3 Å². The van der Waals surface area contributed by atoms with Crippen LogP contribution in [0.5, 0.6) is 5.75 Å². The van der Waals surface area contributed by atoms with Crippen molar-refractivity contribution in [2.24, 2.45) is 16.1 Å². The Labute approximate surface area is 206 Å². The van der Waals surface area contributed by atoms with Gasteiger partial charge in [0.1, 0.15) is 23.2 Å². The monoisotopic (exact) mass is 469 g/mol. The number of nitriles is 1. The molecule has 0 aromatic heterocycles. The fourth-order valence-corrected chi connectivity index (χ4v) is 5.35. The molecule has 7 nitrogen and oxygen atoms in total. The van der Waals surface area contributed by atoms with Gasteiger partial charge in [-0.25, -0.2) is 4.99 Å². The van der Waals surface area contributed by atoms with Crippen LogP contribution in [-0.2, 0) is 10.2 Å². The summed E-state index contributed by atoms with van der Waals surface area (Å²) in [7, 11) is 5.82. The zero-order valence-corrected chi connectivity index (χ0v) is 20.5. The normalized spacial score (nSPS) is 22.3. The summed E-state index contributed by atoms with van der Waals surface area (Å²) in [6.45, 7) is 1.53. The number of nitrogens with two attached hydrogens (primary N) is 1. The van der Waals surface area contributed by atoms with Crippen LogP contribution in [0.15, 0.2) is 64.8 Å². The van der Waals surface area contributed by atoms with Crippen LogP contribution < -0.4 is 15.4 Å². The zero-order valence-electron chi connectivity index (χ0n) is 20.5. The lowest BCUT2D eigenvalue weighted by atomic mass is 9.84. The third-order valence-electron chi connectivity index (χ3n) is 7.50. The summed E-state index contributed by atoms with van der Waals surface area (Å²) in [5, 5.41) is 9.61. The van der Waals surface area contributed by atoms with E-state index in [4.69, 9.17) is 15.5 Å². The Morgan fingerprint density at radius 2 is 1.77 bits per heavy atom. The van der Waals surface area contributed by atoms with Crippen LogP contribution in [-0.4, -0.2) is 50.8 Å². The minimum absolute atomic E-state index is 0.0810. The SMILES string of the molecule is COc1ccc(N=C2C(=O)N(c3ccc(C4(CN(C)C)CC4)cc3)CC3(CC3)C2=C(N)C#N)cc1. The van der Waals surface area contributed by atoms with E-state index in [-0.39, 0.29) is 28.1 Å². The number of likely N-dealkylation sites (N-methyl/N-ethyl adjacent to an activating group) is 1. The molecule has 1 saturated heterocycles. The molecule has 0 bridgehead atoms. The number of carbonyl (C=O) groups excluding carboxylic acids is 1. The van der Waals surface area contributed by atoms with Gasteiger partial charge in [-0.05, 0) is 81.7 Å². The molecule has 1 spiro atoms. The van der Waals surface area contributed by atoms with E-state index in [1.54, 1.807) is 36.3 Å². The number of carbonyl (C=O) groups is 1. The molecule has 0 atom stereocenters. The first-order valence-corrected chi connectivity index (χ1v) is 12.0. The minimum Gasteiger partial charge on any atom is -0.497 e. The van der Waals surface area contributed by atoms with Gasteiger partial charge in [0.15, 0.2) is 0 Å². The van der Waals surface area contributed by atoms with Crippen LogP contribution in [0.2, 0.25) is 0 Å². The highest BCUT2D eigenvalue weighted by Crippen LogP contribution is 2.56. The molecule has 1 amide bonds. The summed E-state index contributed by atoms with van der Waals surface area (Å²) < 4.78 is 5.24. The van der Waals surface area contributed by atoms with Gasteiger partial charge in [-0.1, -0.05) is 12.1 Å². The fraction of sp³-hybridized carbons (Fsp3) is 0.393. The molecule has 3 fully saturated rings. The maximum atomic E-state index is 13.8. The molecule has 1 aliphatic heterocycles. The number of benzene rings is 2. The van der Waals surface area contributed by atoms with Crippen molar-refractivity contribution in [2.45, 2.75) is 31.1 Å². The number of nitrogens with zero attached hydrogens (tertiary/aromatic N) is 4. The van der Waals surface area contributed by atoms with E-state index >= 15 is 0 Å². The van der Waals surface area contributed by atoms with Crippen molar-refractivity contribution in [3.05, 3.63) is 65.4 Å². The van der Waals surface area contributed by atoms with E-state index < -0.39 is 0 Å². The highest BCUT2D eigenvalue weighted by atomic mass is 16.5. The summed E-state index contributed by atoms with van der Waals surface area (Å²) in [6, 6.07) is 17.7. The quantitative estimate of drug-likeness (QED) is 0.647. The molecule has 3 aliphatic rings. The predicted octanol–water partition coefficient (Wildman–Crippen LogP) is 3.92. The van der Waals surface area contributed by atoms with Crippen molar-refractivity contribution in [3.63, 3.8) is 0 Å². The van der Waals surface area contributed by atoms with E-state index in [0.29, 0.717) is 23.6 Å². The average molecular weight is 470 g/mol. The molecule has 1 heterocycles. The number of methoxy groups -OCH3 is 1. The van der Waals surface area contributed by atoms with E-state index in [1.165, 1.54) is 18.4 Å². The highest BCUT2D eigenvalue weighted by Gasteiger charge is 2.56. The lowest BCUT2D eigenvalue weighted by Gasteiger charge is -2.36. The Morgan fingerprint density at radius 3 is 2.29 bits per heavy atom. The molecule has 0 unspecified atom stereocenters. The first-order chi connectivity index (χ1) is 16.8. The number of ether oxygens (including phenoxy) is 1. The van der Waals surface area contributed by atoms with Gasteiger partial charge in [-0.2, -0.15) is 5.26 Å². The summed E-state index contributed by atoms with van der Waals surface area (Å²) in [4.78, 5) is 22.6.